The summed E-state index contributed by atoms with van der Waals surface area (Å²) in [6, 6.07) is 18.6. The summed E-state index contributed by atoms with van der Waals surface area (Å²) in [5, 5.41) is 0. The average molecular weight is 807 g/mol. The van der Waals surface area contributed by atoms with Crippen LogP contribution in [0.3, 0.4) is 0 Å². The maximum Gasteiger partial charge on any atom is 0.242 e. The number of nitrogens with zero attached hydrogens (tertiary/aromatic N) is 6. The number of carbonyl (C=O) groups is 6. The summed E-state index contributed by atoms with van der Waals surface area (Å²) in [6.07, 6.45) is 3.34. The normalized spacial score (nSPS) is 17.2. The number of nitrogens with two attached hydrogens (primary N) is 4. The Morgan fingerprint density at radius 2 is 0.776 bits per heavy atom. The van der Waals surface area contributed by atoms with Crippen molar-refractivity contribution < 1.29 is 28.8 Å². The van der Waals surface area contributed by atoms with Gasteiger partial charge in [0.25, 0.3) is 0 Å². The molecule has 1 aliphatic heterocycles. The van der Waals surface area contributed by atoms with Crippen LogP contribution in [0.15, 0.2) is 60.7 Å². The van der Waals surface area contributed by atoms with Crippen molar-refractivity contribution in [2.75, 3.05) is 98.2 Å². The van der Waals surface area contributed by atoms with Crippen molar-refractivity contribution in [1.29, 1.82) is 0 Å². The molecule has 16 heteroatoms. The Bertz CT molecular complexity index is 1570. The van der Waals surface area contributed by atoms with Gasteiger partial charge in [-0.2, -0.15) is 0 Å². The molecule has 5 amide bonds. The number of carbonyl (C=O) groups excluding carboxylic acids is 6. The van der Waals surface area contributed by atoms with E-state index in [0.717, 1.165) is 11.1 Å². The Labute approximate surface area is 343 Å². The van der Waals surface area contributed by atoms with Gasteiger partial charge in [0.2, 0.25) is 29.5 Å². The van der Waals surface area contributed by atoms with Gasteiger partial charge in [-0.25, -0.2) is 0 Å². The first kappa shape index (κ1) is 47.6. The molecular formula is C42H66N10O6. The molecule has 320 valence electrons. The molecule has 1 aliphatic rings. The fraction of sp³-hybridized carbons (Fsp3) is 0.571. The Morgan fingerprint density at radius 1 is 0.414 bits per heavy atom. The third-order valence-corrected chi connectivity index (χ3v) is 9.98. The lowest BCUT2D eigenvalue weighted by atomic mass is 10.1. The van der Waals surface area contributed by atoms with Crippen LogP contribution >= 0.6 is 0 Å². The summed E-state index contributed by atoms with van der Waals surface area (Å²) in [7, 11) is 0. The number of amides is 5. The molecule has 0 radical (unpaired) electrons. The summed E-state index contributed by atoms with van der Waals surface area (Å²) >= 11 is 0. The van der Waals surface area contributed by atoms with Crippen molar-refractivity contribution >= 4 is 35.3 Å². The highest BCUT2D eigenvalue weighted by Crippen LogP contribution is 2.12. The topological polar surface area (TPSA) is 226 Å². The zero-order chi connectivity index (χ0) is 42.1. The Balaban J connectivity index is 2.04. The van der Waals surface area contributed by atoms with E-state index in [4.69, 9.17) is 22.9 Å². The molecule has 3 rings (SSSR count). The van der Waals surface area contributed by atoms with Gasteiger partial charge in [0.15, 0.2) is 5.78 Å². The molecule has 1 saturated heterocycles. The highest BCUT2D eigenvalue weighted by Gasteiger charge is 2.29. The predicted molar refractivity (Wildman–Crippen MR) is 223 cm³/mol. The van der Waals surface area contributed by atoms with Gasteiger partial charge < -0.3 is 47.4 Å². The lowest BCUT2D eigenvalue weighted by Crippen LogP contribution is -2.51. The first-order chi connectivity index (χ1) is 28.1. The number of benzene rings is 2. The summed E-state index contributed by atoms with van der Waals surface area (Å²) < 4.78 is 0. The van der Waals surface area contributed by atoms with E-state index in [1.807, 2.05) is 65.6 Å². The van der Waals surface area contributed by atoms with Crippen LogP contribution in [0.5, 0.6) is 0 Å². The number of rotatable bonds is 16. The second kappa shape index (κ2) is 27.0. The van der Waals surface area contributed by atoms with Crippen molar-refractivity contribution in [1.82, 2.24) is 29.4 Å². The van der Waals surface area contributed by atoms with E-state index in [-0.39, 0.29) is 103 Å². The molecule has 0 aromatic heterocycles. The van der Waals surface area contributed by atoms with E-state index in [1.165, 1.54) is 24.5 Å². The van der Waals surface area contributed by atoms with E-state index in [2.05, 4.69) is 0 Å². The molecule has 1 heterocycles. The standard InChI is InChI=1S/C42H66N10O6/c43-18-9-23-47-22-8-7-17-37(53)29-48(24-10-19-44)39(55)31-49(25-11-20-45)41(57)34-52(28-36-15-5-2-6-16-36)42(58)32-50(26-12-21-46)40(56)33-51(38(54)30-47)27-35-13-3-1-4-14-35/h1-6,13-16H,7-12,17-34,43-46H2. The molecule has 16 nitrogen and oxygen atoms in total. The van der Waals surface area contributed by atoms with Crippen LogP contribution < -0.4 is 22.9 Å². The first-order valence-electron chi connectivity index (χ1n) is 20.6. The van der Waals surface area contributed by atoms with Gasteiger partial charge in [-0.05, 0) is 88.9 Å². The molecule has 0 atom stereocenters. The van der Waals surface area contributed by atoms with Crippen molar-refractivity contribution in [3.63, 3.8) is 0 Å². The molecule has 2 aromatic carbocycles. The number of ketones is 1. The minimum Gasteiger partial charge on any atom is -0.334 e. The summed E-state index contributed by atoms with van der Waals surface area (Å²) in [4.78, 5) is 92.9. The Hall–Kier alpha value is -4.74. The van der Waals surface area contributed by atoms with Gasteiger partial charge in [0.05, 0.1) is 26.2 Å². The van der Waals surface area contributed by atoms with Crippen molar-refractivity contribution in [3.05, 3.63) is 71.8 Å². The molecule has 0 unspecified atom stereocenters. The highest BCUT2D eigenvalue weighted by atomic mass is 16.2. The average Bonchev–Trinajstić information content (AvgIpc) is 3.22. The van der Waals surface area contributed by atoms with Crippen molar-refractivity contribution in [3.8, 4) is 0 Å². The maximum atomic E-state index is 14.3. The fourth-order valence-corrected chi connectivity index (χ4v) is 6.67. The van der Waals surface area contributed by atoms with Crippen LogP contribution in [0.25, 0.3) is 0 Å². The number of hydrogen-bond acceptors (Lipinski definition) is 11. The van der Waals surface area contributed by atoms with Gasteiger partial charge in [0, 0.05) is 39.1 Å². The van der Waals surface area contributed by atoms with E-state index < -0.39 is 23.6 Å². The van der Waals surface area contributed by atoms with E-state index >= 15 is 0 Å². The smallest absolute Gasteiger partial charge is 0.242 e. The third kappa shape index (κ3) is 17.4. The lowest BCUT2D eigenvalue weighted by Gasteiger charge is -2.32. The minimum absolute atomic E-state index is 0.0325. The lowest BCUT2D eigenvalue weighted by molar-refractivity contribution is -0.148. The molecule has 1 fully saturated rings. The molecule has 0 aliphatic carbocycles. The number of hydrogen-bond donors (Lipinski definition) is 4. The molecule has 0 spiro atoms. The third-order valence-electron chi connectivity index (χ3n) is 9.98. The summed E-state index contributed by atoms with van der Waals surface area (Å²) in [5.74, 6) is -2.18. The predicted octanol–water partition coefficient (Wildman–Crippen LogP) is -0.0200. The van der Waals surface area contributed by atoms with Crippen LogP contribution in [-0.2, 0) is 41.9 Å². The Morgan fingerprint density at radius 3 is 1.21 bits per heavy atom. The summed E-state index contributed by atoms with van der Waals surface area (Å²) in [6.45, 7) is 1.80. The Kier molecular flexibility index (Phi) is 22.2. The van der Waals surface area contributed by atoms with Crippen molar-refractivity contribution in [2.45, 2.75) is 58.0 Å². The molecule has 0 saturated carbocycles. The van der Waals surface area contributed by atoms with E-state index in [9.17, 15) is 28.8 Å². The number of Topliss-reactive ketones (excluding diaryl/α,β-unsaturated/α-hetero) is 1. The second-order valence-corrected chi connectivity index (χ2v) is 14.8. The zero-order valence-electron chi connectivity index (χ0n) is 34.2. The van der Waals surface area contributed by atoms with Gasteiger partial charge in [-0.15, -0.1) is 0 Å². The molecule has 0 bridgehead atoms. The molecular weight excluding hydrogens is 741 g/mol. The summed E-state index contributed by atoms with van der Waals surface area (Å²) in [5.41, 5.74) is 25.0. The quantitative estimate of drug-likeness (QED) is 0.176. The largest absolute Gasteiger partial charge is 0.334 e. The van der Waals surface area contributed by atoms with Crippen LogP contribution in [0, 0.1) is 0 Å². The zero-order valence-corrected chi connectivity index (χ0v) is 34.2. The first-order valence-corrected chi connectivity index (χ1v) is 20.6. The van der Waals surface area contributed by atoms with Gasteiger partial charge >= 0.3 is 0 Å². The van der Waals surface area contributed by atoms with E-state index in [1.54, 1.807) is 0 Å². The fourth-order valence-electron chi connectivity index (χ4n) is 6.67. The van der Waals surface area contributed by atoms with Crippen molar-refractivity contribution in [2.24, 2.45) is 22.9 Å². The second-order valence-electron chi connectivity index (χ2n) is 14.8. The van der Waals surface area contributed by atoms with Crippen LogP contribution in [0.2, 0.25) is 0 Å². The van der Waals surface area contributed by atoms with Crippen LogP contribution in [-0.4, -0.2) is 163 Å². The molecule has 2 aromatic rings. The minimum atomic E-state index is -0.487. The van der Waals surface area contributed by atoms with Crippen LogP contribution in [0.1, 0.15) is 56.1 Å². The molecule has 8 N–H and O–H groups in total. The van der Waals surface area contributed by atoms with E-state index in [0.29, 0.717) is 64.7 Å². The highest BCUT2D eigenvalue weighted by molar-refractivity contribution is 5.92. The van der Waals surface area contributed by atoms with Gasteiger partial charge in [0.1, 0.15) is 13.1 Å². The van der Waals surface area contributed by atoms with Gasteiger partial charge in [-0.1, -0.05) is 60.7 Å². The van der Waals surface area contributed by atoms with Crippen LogP contribution in [0.4, 0.5) is 0 Å². The maximum absolute atomic E-state index is 14.3. The SMILES string of the molecule is NCCCN1CCCCC(=O)CN(CCCN)C(=O)CN(CCCN)C(=O)CN(Cc2ccccc2)C(=O)CN(CCCN)C(=O)CN(Cc2ccccc2)C(=O)C1. The monoisotopic (exact) mass is 807 g/mol. The molecule has 58 heavy (non-hydrogen) atoms. The van der Waals surface area contributed by atoms with Gasteiger partial charge in [-0.3, -0.25) is 33.7 Å².